The largest absolute Gasteiger partial charge is 0.334 e. The Hall–Kier alpha value is -2.21. The molecule has 0 aliphatic carbocycles. The van der Waals surface area contributed by atoms with Crippen LogP contribution in [0.25, 0.3) is 23.5 Å². The van der Waals surface area contributed by atoms with Crippen LogP contribution in [-0.2, 0) is 7.05 Å². The van der Waals surface area contributed by atoms with Gasteiger partial charge in [0.05, 0.1) is 6.20 Å². The van der Waals surface area contributed by atoms with Gasteiger partial charge in [-0.1, -0.05) is 5.16 Å². The zero-order valence-corrected chi connectivity index (χ0v) is 11.4. The number of nitrogens with zero attached hydrogens (tertiary/aromatic N) is 4. The Balaban J connectivity index is 1.82. The fourth-order valence-corrected chi connectivity index (χ4v) is 2.52. The van der Waals surface area contributed by atoms with E-state index in [2.05, 4.69) is 20.6 Å². The van der Waals surface area contributed by atoms with Crippen LogP contribution in [-0.4, -0.2) is 19.9 Å². The van der Waals surface area contributed by atoms with Gasteiger partial charge in [-0.2, -0.15) is 21.4 Å². The van der Waals surface area contributed by atoms with Crippen LogP contribution >= 0.6 is 11.3 Å². The molecule has 3 aromatic rings. The van der Waals surface area contributed by atoms with E-state index in [-0.39, 0.29) is 0 Å². The summed E-state index contributed by atoms with van der Waals surface area (Å²) in [5.74, 6) is 1.12. The Bertz CT molecular complexity index is 722. The predicted molar refractivity (Wildman–Crippen MR) is 74.5 cm³/mol. The molecule has 0 amide bonds. The molecule has 0 unspecified atom stereocenters. The van der Waals surface area contributed by atoms with Gasteiger partial charge in [-0.05, 0) is 23.9 Å². The molecule has 96 valence electrons. The van der Waals surface area contributed by atoms with Crippen LogP contribution in [0.4, 0.5) is 0 Å². The van der Waals surface area contributed by atoms with Crippen LogP contribution in [0, 0.1) is 6.92 Å². The average Bonchev–Trinajstić information content (AvgIpc) is 3.07. The lowest BCUT2D eigenvalue weighted by molar-refractivity contribution is 0.411. The van der Waals surface area contributed by atoms with E-state index in [9.17, 15) is 0 Å². The monoisotopic (exact) mass is 272 g/mol. The van der Waals surface area contributed by atoms with Gasteiger partial charge in [0.2, 0.25) is 5.82 Å². The van der Waals surface area contributed by atoms with Crippen LogP contribution in [0.15, 0.2) is 27.7 Å². The zero-order valence-electron chi connectivity index (χ0n) is 10.6. The summed E-state index contributed by atoms with van der Waals surface area (Å²) in [5, 5.41) is 12.2. The normalized spacial score (nSPS) is 11.5. The second-order valence-electron chi connectivity index (χ2n) is 4.21. The van der Waals surface area contributed by atoms with Gasteiger partial charge in [0.25, 0.3) is 5.89 Å². The van der Waals surface area contributed by atoms with E-state index < -0.39 is 0 Å². The van der Waals surface area contributed by atoms with Crippen molar-refractivity contribution in [2.45, 2.75) is 6.92 Å². The molecule has 0 aromatic carbocycles. The molecule has 0 saturated heterocycles. The van der Waals surface area contributed by atoms with Gasteiger partial charge < -0.3 is 4.52 Å². The molecule has 0 aliphatic heterocycles. The Morgan fingerprint density at radius 3 is 2.89 bits per heavy atom. The first-order valence-corrected chi connectivity index (χ1v) is 6.70. The first kappa shape index (κ1) is 11.9. The minimum absolute atomic E-state index is 0.490. The number of thiophene rings is 1. The Labute approximate surface area is 114 Å². The van der Waals surface area contributed by atoms with E-state index in [1.165, 1.54) is 0 Å². The topological polar surface area (TPSA) is 56.7 Å². The molecule has 3 heterocycles. The third-order valence-electron chi connectivity index (χ3n) is 2.68. The van der Waals surface area contributed by atoms with Crippen molar-refractivity contribution < 1.29 is 4.52 Å². The summed E-state index contributed by atoms with van der Waals surface area (Å²) in [6.07, 6.45) is 7.37. The second-order valence-corrected chi connectivity index (χ2v) is 4.95. The first-order valence-electron chi connectivity index (χ1n) is 5.76. The number of hydrogen-bond donors (Lipinski definition) is 0. The van der Waals surface area contributed by atoms with E-state index in [0.717, 1.165) is 16.7 Å². The maximum Gasteiger partial charge on any atom is 0.250 e. The summed E-state index contributed by atoms with van der Waals surface area (Å²) < 4.78 is 6.95. The predicted octanol–water partition coefficient (Wildman–Crippen LogP) is 3.01. The SMILES string of the molecule is Cc1cscc1-c1noc(/C=C/c2cnn(C)c2)n1. The summed E-state index contributed by atoms with van der Waals surface area (Å²) >= 11 is 1.63. The highest BCUT2D eigenvalue weighted by Gasteiger charge is 2.09. The molecule has 0 atom stereocenters. The quantitative estimate of drug-likeness (QED) is 0.735. The Morgan fingerprint density at radius 1 is 1.32 bits per heavy atom. The van der Waals surface area contributed by atoms with Gasteiger partial charge in [0.15, 0.2) is 0 Å². The second kappa shape index (κ2) is 4.81. The molecule has 19 heavy (non-hydrogen) atoms. The molecular weight excluding hydrogens is 260 g/mol. The van der Waals surface area contributed by atoms with E-state index >= 15 is 0 Å². The van der Waals surface area contributed by atoms with Gasteiger partial charge in [-0.15, -0.1) is 0 Å². The van der Waals surface area contributed by atoms with Gasteiger partial charge in [0, 0.05) is 35.8 Å². The fraction of sp³-hybridized carbons (Fsp3) is 0.154. The maximum atomic E-state index is 5.20. The molecule has 0 aliphatic rings. The average molecular weight is 272 g/mol. The van der Waals surface area contributed by atoms with Crippen molar-refractivity contribution >= 4 is 23.5 Å². The highest BCUT2D eigenvalue weighted by atomic mass is 32.1. The molecule has 0 radical (unpaired) electrons. The number of aromatic nitrogens is 4. The summed E-state index contributed by atoms with van der Waals surface area (Å²) in [6.45, 7) is 2.04. The van der Waals surface area contributed by atoms with Gasteiger partial charge in [0.1, 0.15) is 0 Å². The zero-order chi connectivity index (χ0) is 13.2. The molecule has 3 rings (SSSR count). The van der Waals surface area contributed by atoms with Crippen molar-refractivity contribution in [2.75, 3.05) is 0 Å². The molecule has 5 nitrogen and oxygen atoms in total. The van der Waals surface area contributed by atoms with Crippen LogP contribution in [0.1, 0.15) is 17.0 Å². The lowest BCUT2D eigenvalue weighted by atomic mass is 10.2. The number of hydrogen-bond acceptors (Lipinski definition) is 5. The third kappa shape index (κ3) is 2.48. The molecule has 3 aromatic heterocycles. The third-order valence-corrected chi connectivity index (χ3v) is 3.54. The van der Waals surface area contributed by atoms with Crippen molar-refractivity contribution in [1.29, 1.82) is 0 Å². The molecular formula is C13H12N4OS. The van der Waals surface area contributed by atoms with Gasteiger partial charge in [-0.25, -0.2) is 0 Å². The van der Waals surface area contributed by atoms with Crippen LogP contribution in [0.5, 0.6) is 0 Å². The minimum Gasteiger partial charge on any atom is -0.334 e. The highest BCUT2D eigenvalue weighted by Crippen LogP contribution is 2.24. The summed E-state index contributed by atoms with van der Waals surface area (Å²) in [5.41, 5.74) is 3.18. The van der Waals surface area contributed by atoms with Crippen molar-refractivity contribution in [1.82, 2.24) is 19.9 Å². The van der Waals surface area contributed by atoms with Gasteiger partial charge >= 0.3 is 0 Å². The van der Waals surface area contributed by atoms with Crippen molar-refractivity contribution in [3.05, 3.63) is 40.2 Å². The van der Waals surface area contributed by atoms with Crippen molar-refractivity contribution in [2.24, 2.45) is 7.05 Å². The Kier molecular flexibility index (Phi) is 3.00. The van der Waals surface area contributed by atoms with Crippen LogP contribution in [0.3, 0.4) is 0 Å². The van der Waals surface area contributed by atoms with Gasteiger partial charge in [-0.3, -0.25) is 4.68 Å². The summed E-state index contributed by atoms with van der Waals surface area (Å²) in [6, 6.07) is 0. The number of rotatable bonds is 3. The van der Waals surface area contributed by atoms with Crippen LogP contribution < -0.4 is 0 Å². The lowest BCUT2D eigenvalue weighted by Gasteiger charge is -1.88. The van der Waals surface area contributed by atoms with Crippen molar-refractivity contribution in [3.8, 4) is 11.4 Å². The summed E-state index contributed by atoms with van der Waals surface area (Å²) in [4.78, 5) is 4.35. The molecule has 0 fully saturated rings. The summed E-state index contributed by atoms with van der Waals surface area (Å²) in [7, 11) is 1.88. The van der Waals surface area contributed by atoms with Crippen LogP contribution in [0.2, 0.25) is 0 Å². The van der Waals surface area contributed by atoms with E-state index in [1.54, 1.807) is 28.3 Å². The standard InChI is InChI=1S/C13H12N4OS/c1-9-7-19-8-11(9)13-15-12(18-16-13)4-3-10-5-14-17(2)6-10/h3-8H,1-2H3/b4-3+. The Morgan fingerprint density at radius 2 is 2.21 bits per heavy atom. The molecule has 0 spiro atoms. The molecule has 0 N–H and O–H groups in total. The van der Waals surface area contributed by atoms with E-state index in [4.69, 9.17) is 4.52 Å². The number of aryl methyl sites for hydroxylation is 2. The lowest BCUT2D eigenvalue weighted by Crippen LogP contribution is -1.83. The van der Waals surface area contributed by atoms with E-state index in [0.29, 0.717) is 11.7 Å². The van der Waals surface area contributed by atoms with E-state index in [1.807, 2.05) is 31.6 Å². The van der Waals surface area contributed by atoms with Crippen molar-refractivity contribution in [3.63, 3.8) is 0 Å². The molecule has 0 bridgehead atoms. The maximum absolute atomic E-state index is 5.20. The smallest absolute Gasteiger partial charge is 0.250 e. The first-order chi connectivity index (χ1) is 9.22. The fourth-order valence-electron chi connectivity index (χ4n) is 1.70. The minimum atomic E-state index is 0.490. The molecule has 0 saturated carbocycles. The molecule has 6 heteroatoms. The highest BCUT2D eigenvalue weighted by molar-refractivity contribution is 7.08.